The highest BCUT2D eigenvalue weighted by atomic mass is 16.5. The van der Waals surface area contributed by atoms with Gasteiger partial charge in [0, 0.05) is 26.2 Å². The third kappa shape index (κ3) is 2.66. The van der Waals surface area contributed by atoms with Crippen molar-refractivity contribution in [2.24, 2.45) is 7.05 Å². The van der Waals surface area contributed by atoms with Crippen molar-refractivity contribution >= 4 is 17.1 Å². The van der Waals surface area contributed by atoms with E-state index < -0.39 is 0 Å². The van der Waals surface area contributed by atoms with E-state index in [2.05, 4.69) is 10.3 Å². The minimum Gasteiger partial charge on any atom is -0.497 e. The van der Waals surface area contributed by atoms with Crippen molar-refractivity contribution < 1.29 is 9.53 Å². The molecule has 3 rings (SSSR count). The summed E-state index contributed by atoms with van der Waals surface area (Å²) in [5.74, 6) is 1.62. The zero-order valence-electron chi connectivity index (χ0n) is 12.4. The van der Waals surface area contributed by atoms with Crippen LogP contribution in [0.3, 0.4) is 0 Å². The summed E-state index contributed by atoms with van der Waals surface area (Å²) in [5, 5.41) is 2.94. The number of carbonyl (C=O) groups is 1. The van der Waals surface area contributed by atoms with E-state index in [9.17, 15) is 4.79 Å². The van der Waals surface area contributed by atoms with E-state index in [1.54, 1.807) is 7.11 Å². The molecule has 0 radical (unpaired) electrons. The van der Waals surface area contributed by atoms with Gasteiger partial charge in [-0.15, -0.1) is 0 Å². The Kier molecular flexibility index (Phi) is 3.68. The van der Waals surface area contributed by atoms with Crippen LogP contribution in [0.2, 0.25) is 0 Å². The van der Waals surface area contributed by atoms with Crippen LogP contribution in [0.4, 0.5) is 4.79 Å². The van der Waals surface area contributed by atoms with Crippen LogP contribution in [0, 0.1) is 0 Å². The number of carbonyl (C=O) groups excluding carboxylic acids is 1. The summed E-state index contributed by atoms with van der Waals surface area (Å²) in [7, 11) is 3.60. The molecular formula is C15H20N4O2. The molecule has 1 aromatic carbocycles. The Bertz CT molecular complexity index is 659. The largest absolute Gasteiger partial charge is 0.497 e. The molecule has 1 N–H and O–H groups in total. The summed E-state index contributed by atoms with van der Waals surface area (Å²) in [5.41, 5.74) is 1.91. The highest BCUT2D eigenvalue weighted by Crippen LogP contribution is 2.20. The van der Waals surface area contributed by atoms with Crippen molar-refractivity contribution in [2.75, 3.05) is 20.2 Å². The van der Waals surface area contributed by atoms with Crippen molar-refractivity contribution in [1.82, 2.24) is 19.8 Å². The van der Waals surface area contributed by atoms with Crippen molar-refractivity contribution in [3.05, 3.63) is 24.0 Å². The highest BCUT2D eigenvalue weighted by molar-refractivity contribution is 5.78. The molecule has 112 valence electrons. The number of methoxy groups -OCH3 is 1. The van der Waals surface area contributed by atoms with E-state index in [0.717, 1.165) is 48.5 Å². The third-order valence-corrected chi connectivity index (χ3v) is 3.97. The maximum Gasteiger partial charge on any atom is 0.317 e. The Hall–Kier alpha value is -2.24. The fraction of sp³-hybridized carbons (Fsp3) is 0.467. The molecule has 1 aliphatic heterocycles. The van der Waals surface area contributed by atoms with Gasteiger partial charge in [-0.05, 0) is 25.0 Å². The second-order valence-electron chi connectivity index (χ2n) is 5.29. The molecule has 6 heteroatoms. The number of benzene rings is 1. The third-order valence-electron chi connectivity index (χ3n) is 3.97. The summed E-state index contributed by atoms with van der Waals surface area (Å²) in [6.07, 6.45) is 2.19. The smallest absolute Gasteiger partial charge is 0.317 e. The summed E-state index contributed by atoms with van der Waals surface area (Å²) in [4.78, 5) is 18.4. The van der Waals surface area contributed by atoms with Crippen LogP contribution in [0.5, 0.6) is 5.75 Å². The lowest BCUT2D eigenvalue weighted by molar-refractivity contribution is 0.208. The van der Waals surface area contributed by atoms with E-state index in [0.29, 0.717) is 6.54 Å². The molecule has 6 nitrogen and oxygen atoms in total. The summed E-state index contributed by atoms with van der Waals surface area (Å²) < 4.78 is 7.21. The molecule has 2 amide bonds. The van der Waals surface area contributed by atoms with Gasteiger partial charge in [0.25, 0.3) is 0 Å². The first-order valence-electron chi connectivity index (χ1n) is 7.21. The van der Waals surface area contributed by atoms with Gasteiger partial charge in [-0.25, -0.2) is 9.78 Å². The standard InChI is InChI=1S/C15H20N4O2/c1-18-13-6-5-11(21-2)9-12(13)17-14(18)10-16-15(20)19-7-3-4-8-19/h5-6,9H,3-4,7-8,10H2,1-2H3,(H,16,20). The Balaban J connectivity index is 1.74. The van der Waals surface area contributed by atoms with Gasteiger partial charge < -0.3 is 19.5 Å². The van der Waals surface area contributed by atoms with Gasteiger partial charge in [-0.3, -0.25) is 0 Å². The van der Waals surface area contributed by atoms with Crippen LogP contribution in [0.1, 0.15) is 18.7 Å². The van der Waals surface area contributed by atoms with E-state index in [4.69, 9.17) is 4.74 Å². The summed E-state index contributed by atoms with van der Waals surface area (Å²) in [6, 6.07) is 5.79. The molecule has 0 aliphatic carbocycles. The number of hydrogen-bond donors (Lipinski definition) is 1. The second kappa shape index (κ2) is 5.63. The fourth-order valence-electron chi connectivity index (χ4n) is 2.70. The number of aryl methyl sites for hydroxylation is 1. The van der Waals surface area contributed by atoms with Crippen LogP contribution < -0.4 is 10.1 Å². The van der Waals surface area contributed by atoms with Crippen LogP contribution in [-0.2, 0) is 13.6 Å². The number of ether oxygens (including phenoxy) is 1. The van der Waals surface area contributed by atoms with Crippen molar-refractivity contribution in [3.63, 3.8) is 0 Å². The van der Waals surface area contributed by atoms with Gasteiger partial charge in [0.2, 0.25) is 0 Å². The Morgan fingerprint density at radius 1 is 1.38 bits per heavy atom. The van der Waals surface area contributed by atoms with Gasteiger partial charge in [0.15, 0.2) is 0 Å². The van der Waals surface area contributed by atoms with Gasteiger partial charge in [-0.1, -0.05) is 0 Å². The van der Waals surface area contributed by atoms with Crippen LogP contribution in [0.25, 0.3) is 11.0 Å². The van der Waals surface area contributed by atoms with Crippen LogP contribution in [-0.4, -0.2) is 40.7 Å². The summed E-state index contributed by atoms with van der Waals surface area (Å²) >= 11 is 0. The molecule has 1 aliphatic rings. The minimum absolute atomic E-state index is 0.00265. The minimum atomic E-state index is -0.00265. The lowest BCUT2D eigenvalue weighted by atomic mass is 10.3. The quantitative estimate of drug-likeness (QED) is 0.938. The molecule has 0 unspecified atom stereocenters. The number of imidazole rings is 1. The Labute approximate surface area is 123 Å². The average Bonchev–Trinajstić information content (AvgIpc) is 3.13. The number of amides is 2. The predicted molar refractivity (Wildman–Crippen MR) is 80.3 cm³/mol. The maximum absolute atomic E-state index is 12.0. The molecule has 0 saturated carbocycles. The van der Waals surface area contributed by atoms with Gasteiger partial charge in [0.1, 0.15) is 11.6 Å². The lowest BCUT2D eigenvalue weighted by Gasteiger charge is -2.15. The van der Waals surface area contributed by atoms with Crippen molar-refractivity contribution in [2.45, 2.75) is 19.4 Å². The molecule has 1 saturated heterocycles. The zero-order chi connectivity index (χ0) is 14.8. The first-order chi connectivity index (χ1) is 10.2. The van der Waals surface area contributed by atoms with E-state index in [1.807, 2.05) is 34.7 Å². The Morgan fingerprint density at radius 2 is 2.14 bits per heavy atom. The molecule has 21 heavy (non-hydrogen) atoms. The number of likely N-dealkylation sites (tertiary alicyclic amines) is 1. The number of nitrogens with zero attached hydrogens (tertiary/aromatic N) is 3. The number of hydrogen-bond acceptors (Lipinski definition) is 3. The first kappa shape index (κ1) is 13.7. The molecule has 1 fully saturated rings. The van der Waals surface area contributed by atoms with Gasteiger partial charge >= 0.3 is 6.03 Å². The topological polar surface area (TPSA) is 59.4 Å². The van der Waals surface area contributed by atoms with Crippen molar-refractivity contribution in [1.29, 1.82) is 0 Å². The number of nitrogens with one attached hydrogen (secondary N) is 1. The molecule has 1 aromatic heterocycles. The number of fused-ring (bicyclic) bond motifs is 1. The molecule has 2 heterocycles. The second-order valence-corrected chi connectivity index (χ2v) is 5.29. The van der Waals surface area contributed by atoms with Crippen LogP contribution in [0.15, 0.2) is 18.2 Å². The molecule has 0 atom stereocenters. The SMILES string of the molecule is COc1ccc2c(c1)nc(CNC(=O)N1CCCC1)n2C. The van der Waals surface area contributed by atoms with Gasteiger partial charge in [0.05, 0.1) is 24.7 Å². The normalized spacial score (nSPS) is 14.7. The fourth-order valence-corrected chi connectivity index (χ4v) is 2.70. The lowest BCUT2D eigenvalue weighted by Crippen LogP contribution is -2.37. The predicted octanol–water partition coefficient (Wildman–Crippen LogP) is 1.89. The molecule has 0 spiro atoms. The monoisotopic (exact) mass is 288 g/mol. The average molecular weight is 288 g/mol. The maximum atomic E-state index is 12.0. The zero-order valence-corrected chi connectivity index (χ0v) is 12.4. The number of urea groups is 1. The Morgan fingerprint density at radius 3 is 2.86 bits per heavy atom. The van der Waals surface area contributed by atoms with Gasteiger partial charge in [-0.2, -0.15) is 0 Å². The highest BCUT2D eigenvalue weighted by Gasteiger charge is 2.18. The van der Waals surface area contributed by atoms with E-state index >= 15 is 0 Å². The number of rotatable bonds is 3. The number of aromatic nitrogens is 2. The van der Waals surface area contributed by atoms with E-state index in [-0.39, 0.29) is 6.03 Å². The molecular weight excluding hydrogens is 268 g/mol. The van der Waals surface area contributed by atoms with Crippen LogP contribution >= 0.6 is 0 Å². The van der Waals surface area contributed by atoms with E-state index in [1.165, 1.54) is 0 Å². The first-order valence-corrected chi connectivity index (χ1v) is 7.21. The molecule has 0 bridgehead atoms. The summed E-state index contributed by atoms with van der Waals surface area (Å²) in [6.45, 7) is 2.14. The molecule has 2 aromatic rings. The van der Waals surface area contributed by atoms with Crippen molar-refractivity contribution in [3.8, 4) is 5.75 Å².